The molecule has 20 atom stereocenters. The van der Waals surface area contributed by atoms with E-state index in [2.05, 4.69) is 21.3 Å². The van der Waals surface area contributed by atoms with E-state index in [9.17, 15) is 59.7 Å². The molecule has 5 aromatic carbocycles. The molecular formula is C70H90N6O22. The van der Waals surface area contributed by atoms with E-state index in [1.807, 2.05) is 48.5 Å². The summed E-state index contributed by atoms with van der Waals surface area (Å²) in [4.78, 5) is 69.0. The first kappa shape index (κ1) is 74.3. The number of aliphatic hydroxyl groups excluding tert-OH is 7. The van der Waals surface area contributed by atoms with E-state index in [1.165, 1.54) is 18.7 Å². The van der Waals surface area contributed by atoms with Crippen LogP contribution in [0.15, 0.2) is 152 Å². The Balaban J connectivity index is 0.974. The minimum Gasteiger partial charge on any atom is -0.445 e. The van der Waals surface area contributed by atoms with Crippen LogP contribution in [0.1, 0.15) is 60.9 Å². The van der Waals surface area contributed by atoms with E-state index >= 15 is 0 Å². The topological polar surface area (TPSA) is 397 Å². The quantitative estimate of drug-likeness (QED) is 0.0306. The Morgan fingerprint density at radius 2 is 0.949 bits per heavy atom. The Kier molecular flexibility index (Phi) is 27.9. The highest BCUT2D eigenvalue weighted by Gasteiger charge is 2.56. The van der Waals surface area contributed by atoms with Crippen LogP contribution < -0.4 is 27.0 Å². The summed E-state index contributed by atoms with van der Waals surface area (Å²) in [6.07, 6.45) is -28.6. The zero-order chi connectivity index (χ0) is 69.7. The summed E-state index contributed by atoms with van der Waals surface area (Å²) in [5.74, 6) is -3.13. The first-order chi connectivity index (χ1) is 47.3. The van der Waals surface area contributed by atoms with E-state index < -0.39 is 159 Å². The van der Waals surface area contributed by atoms with Crippen LogP contribution in [0.25, 0.3) is 0 Å². The molecule has 13 N–H and O–H groups in total. The van der Waals surface area contributed by atoms with Gasteiger partial charge < -0.3 is 115 Å². The number of nitrogens with one attached hydrogen (secondary N) is 4. The third-order valence-corrected chi connectivity index (χ3v) is 17.7. The van der Waals surface area contributed by atoms with Gasteiger partial charge in [-0.25, -0.2) is 19.2 Å². The number of hydrogen-bond donors (Lipinski definition) is 12. The van der Waals surface area contributed by atoms with Crippen molar-refractivity contribution >= 4 is 30.3 Å². The van der Waals surface area contributed by atoms with Gasteiger partial charge in [-0.15, -0.1) is 0 Å². The number of rotatable bonds is 29. The number of aliphatic hydroxyl groups is 7. The summed E-state index contributed by atoms with van der Waals surface area (Å²) in [7, 11) is 0. The molecule has 532 valence electrons. The number of benzene rings is 5. The standard InChI is InChI=1S/C70H90N6O22/c1-41-54(78)57(81)52(35-73-68(86)90-38-45-23-12-5-13-24-45)94-64(41)97-61-51(34-71)93-66(59(61)83)98-62-56(80)48(74-63(84)50(77)30-31-72-67(85)89-37-44-21-10-4-11-22-44)33-49(75-69(87)91-39-46-25-14-6-15-26-46)60(62)96-65-42(2)55(79)58(82)53(95-65)36-76(32-18-29-43-19-8-3-9-20-43)70(88)92-40-47-27-16-7-17-28-47/h3-17,19-28,41-42,48-62,64-66,77-83H,18,29-40,71H2,1-2H3,(H,72,85)(H,73,86)(H,74,84)(H,75,87)/t41-,42-,48-,49+,50+,51-,52+,53-,54-,55-,56+,57-,58-,59-,60-,61-,62-,64-,65-,66+/m1/s1. The maximum atomic E-state index is 14.1. The van der Waals surface area contributed by atoms with E-state index in [0.29, 0.717) is 24.0 Å². The predicted octanol–water partition coefficient (Wildman–Crippen LogP) is 2.77. The first-order valence-electron chi connectivity index (χ1n) is 32.9. The van der Waals surface area contributed by atoms with Crippen LogP contribution in [0.5, 0.6) is 0 Å². The molecular weight excluding hydrogens is 1280 g/mol. The predicted molar refractivity (Wildman–Crippen MR) is 347 cm³/mol. The van der Waals surface area contributed by atoms with Gasteiger partial charge in [0.25, 0.3) is 0 Å². The Morgan fingerprint density at radius 1 is 0.500 bits per heavy atom. The summed E-state index contributed by atoms with van der Waals surface area (Å²) < 4.78 is 60.8. The van der Waals surface area contributed by atoms with Gasteiger partial charge in [0, 0.05) is 38.0 Å². The largest absolute Gasteiger partial charge is 0.445 e. The van der Waals surface area contributed by atoms with Crippen LogP contribution in [0.2, 0.25) is 0 Å². The molecule has 5 aromatic rings. The maximum Gasteiger partial charge on any atom is 0.410 e. The molecule has 0 spiro atoms. The van der Waals surface area contributed by atoms with E-state index in [4.69, 9.17) is 53.1 Å². The van der Waals surface area contributed by atoms with Crippen molar-refractivity contribution in [3.8, 4) is 0 Å². The second-order valence-electron chi connectivity index (χ2n) is 24.8. The van der Waals surface area contributed by atoms with Crippen LogP contribution in [0, 0.1) is 11.8 Å². The summed E-state index contributed by atoms with van der Waals surface area (Å²) in [5.41, 5.74) is 10.0. The number of ether oxygens (including phenoxy) is 10. The van der Waals surface area contributed by atoms with Crippen LogP contribution in [0.4, 0.5) is 19.2 Å². The molecule has 1 saturated carbocycles. The molecule has 0 bridgehead atoms. The maximum absolute atomic E-state index is 14.1. The van der Waals surface area contributed by atoms with Gasteiger partial charge in [0.05, 0.1) is 30.8 Å². The number of nitrogens with zero attached hydrogens (tertiary/aromatic N) is 1. The molecule has 4 fully saturated rings. The molecule has 3 aliphatic heterocycles. The average Bonchev–Trinajstić information content (AvgIpc) is 1.35. The monoisotopic (exact) mass is 1370 g/mol. The minimum absolute atomic E-state index is 0.0462. The number of aryl methyl sites for hydroxylation is 1. The summed E-state index contributed by atoms with van der Waals surface area (Å²) in [6, 6.07) is 42.2. The van der Waals surface area contributed by atoms with Crippen molar-refractivity contribution in [2.75, 3.05) is 32.7 Å². The van der Waals surface area contributed by atoms with Gasteiger partial charge in [-0.3, -0.25) is 4.79 Å². The number of amides is 5. The minimum atomic E-state index is -1.91. The van der Waals surface area contributed by atoms with Gasteiger partial charge in [-0.1, -0.05) is 166 Å². The molecule has 0 radical (unpaired) electrons. The lowest BCUT2D eigenvalue weighted by Crippen LogP contribution is -2.68. The zero-order valence-corrected chi connectivity index (χ0v) is 54.5. The Bertz CT molecular complexity index is 3250. The van der Waals surface area contributed by atoms with Crippen molar-refractivity contribution in [2.45, 2.75) is 176 Å². The summed E-state index contributed by atoms with van der Waals surface area (Å²) in [5, 5.41) is 93.0. The Morgan fingerprint density at radius 3 is 1.48 bits per heavy atom. The number of carbonyl (C=O) groups is 5. The molecule has 28 nitrogen and oxygen atoms in total. The van der Waals surface area contributed by atoms with Crippen LogP contribution in [-0.2, 0) is 85.0 Å². The molecule has 1 aliphatic carbocycles. The third kappa shape index (κ3) is 20.8. The molecule has 0 unspecified atom stereocenters. The summed E-state index contributed by atoms with van der Waals surface area (Å²) in [6.45, 7) is 1.46. The highest BCUT2D eigenvalue weighted by molar-refractivity contribution is 5.81. The van der Waals surface area contributed by atoms with Crippen molar-refractivity contribution in [1.29, 1.82) is 0 Å². The molecule has 3 saturated heterocycles. The fraction of sp³-hybridized carbons (Fsp3) is 0.500. The number of carbonyl (C=O) groups excluding carboxylic acids is 5. The van der Waals surface area contributed by atoms with Crippen LogP contribution in [-0.4, -0.2) is 214 Å². The molecule has 28 heteroatoms. The van der Waals surface area contributed by atoms with Crippen molar-refractivity contribution in [1.82, 2.24) is 26.2 Å². The average molecular weight is 1370 g/mol. The fourth-order valence-electron chi connectivity index (χ4n) is 12.0. The normalized spacial score (nSPS) is 29.4. The molecule has 98 heavy (non-hydrogen) atoms. The number of nitrogens with two attached hydrogens (primary N) is 1. The molecule has 3 heterocycles. The van der Waals surface area contributed by atoms with Crippen molar-refractivity contribution < 1.29 is 107 Å². The zero-order valence-electron chi connectivity index (χ0n) is 54.5. The second kappa shape index (κ2) is 36.8. The van der Waals surface area contributed by atoms with Gasteiger partial charge >= 0.3 is 24.4 Å². The van der Waals surface area contributed by atoms with Gasteiger partial charge in [-0.05, 0) is 53.5 Å². The lowest BCUT2D eigenvalue weighted by molar-refractivity contribution is -0.320. The molecule has 9 rings (SSSR count). The fourth-order valence-corrected chi connectivity index (χ4v) is 12.0. The van der Waals surface area contributed by atoms with E-state index in [1.54, 1.807) is 103 Å². The van der Waals surface area contributed by atoms with Crippen molar-refractivity contribution in [3.05, 3.63) is 179 Å². The highest BCUT2D eigenvalue weighted by Crippen LogP contribution is 2.38. The van der Waals surface area contributed by atoms with Crippen LogP contribution >= 0.6 is 0 Å². The third-order valence-electron chi connectivity index (χ3n) is 17.7. The van der Waals surface area contributed by atoms with Crippen LogP contribution in [0.3, 0.4) is 0 Å². The van der Waals surface area contributed by atoms with Crippen molar-refractivity contribution in [3.63, 3.8) is 0 Å². The van der Waals surface area contributed by atoms with E-state index in [0.717, 1.165) is 16.7 Å². The lowest BCUT2D eigenvalue weighted by Gasteiger charge is -2.49. The highest BCUT2D eigenvalue weighted by atomic mass is 16.8. The Hall–Kier alpha value is -7.91. The van der Waals surface area contributed by atoms with Gasteiger partial charge in [-0.2, -0.15) is 0 Å². The van der Waals surface area contributed by atoms with Crippen molar-refractivity contribution in [2.24, 2.45) is 17.6 Å². The Labute approximate surface area is 567 Å². The first-order valence-corrected chi connectivity index (χ1v) is 32.9. The van der Waals surface area contributed by atoms with E-state index in [-0.39, 0.29) is 65.6 Å². The smallest absolute Gasteiger partial charge is 0.410 e. The van der Waals surface area contributed by atoms with Gasteiger partial charge in [0.1, 0.15) is 93.6 Å². The molecule has 4 aliphatic rings. The molecule has 5 amide bonds. The number of hydrogen-bond acceptors (Lipinski definition) is 23. The lowest BCUT2D eigenvalue weighted by atomic mass is 9.82. The molecule has 0 aromatic heterocycles. The van der Waals surface area contributed by atoms with Gasteiger partial charge in [0.2, 0.25) is 5.91 Å². The SMILES string of the molecule is C[C@H]1[C@@H](O[C@H]2[C@@H](O)[C@H](O[C@@H]3[C@@H](O)[C@H](NC(=O)[C@@H](O)CCNC(=O)OCc4ccccc4)C[C@H](NC(=O)OCc4ccccc4)[C@H]3O[C@H]3O[C@H](CN(CCCc4ccccc4)C(=O)OCc4ccccc4)[C@@H](O)[C@H](O)[C@H]3C)O[C@@H]2CN)O[C@@H](CNC(=O)OCc2ccccc2)[C@@H](O)[C@@H]1O. The summed E-state index contributed by atoms with van der Waals surface area (Å²) >= 11 is 0. The van der Waals surface area contributed by atoms with Gasteiger partial charge in [0.15, 0.2) is 18.9 Å². The second-order valence-corrected chi connectivity index (χ2v) is 24.8. The number of alkyl carbamates (subject to hydrolysis) is 3.